The van der Waals surface area contributed by atoms with Gasteiger partial charge in [0.1, 0.15) is 5.82 Å². The number of hydrogen-bond acceptors (Lipinski definition) is 4. The Bertz CT molecular complexity index is 846. The Hall–Kier alpha value is -1.80. The molecule has 1 aliphatic heterocycles. The molecule has 0 unspecified atom stereocenters. The van der Waals surface area contributed by atoms with Gasteiger partial charge in [-0.2, -0.15) is 0 Å². The lowest BCUT2D eigenvalue weighted by Gasteiger charge is -2.38. The van der Waals surface area contributed by atoms with Gasteiger partial charge in [-0.15, -0.1) is 0 Å². The van der Waals surface area contributed by atoms with Gasteiger partial charge in [0.15, 0.2) is 0 Å². The monoisotopic (exact) mass is 391 g/mol. The minimum absolute atomic E-state index is 0.139. The zero-order valence-electron chi connectivity index (χ0n) is 15.7. The van der Waals surface area contributed by atoms with Crippen molar-refractivity contribution in [1.29, 1.82) is 0 Å². The van der Waals surface area contributed by atoms with E-state index in [2.05, 4.69) is 21.6 Å². The molecule has 1 N–H and O–H groups in total. The van der Waals surface area contributed by atoms with Crippen molar-refractivity contribution in [3.8, 4) is 0 Å². The summed E-state index contributed by atoms with van der Waals surface area (Å²) in [6.45, 7) is 5.67. The molecule has 146 valence electrons. The van der Waals surface area contributed by atoms with E-state index >= 15 is 0 Å². The zero-order valence-corrected chi connectivity index (χ0v) is 16.5. The van der Waals surface area contributed by atoms with Crippen LogP contribution in [0.2, 0.25) is 0 Å². The fraction of sp³-hybridized carbons (Fsp3) is 0.400. The lowest BCUT2D eigenvalue weighted by atomic mass is 10.0. The topological polar surface area (TPSA) is 52.7 Å². The van der Waals surface area contributed by atoms with E-state index in [1.807, 2.05) is 6.92 Å². The van der Waals surface area contributed by atoms with Gasteiger partial charge in [-0.25, -0.2) is 17.5 Å². The number of sulfonamides is 1. The van der Waals surface area contributed by atoms with Crippen molar-refractivity contribution in [3.05, 3.63) is 65.5 Å². The minimum atomic E-state index is -3.60. The molecule has 1 fully saturated rings. The summed E-state index contributed by atoms with van der Waals surface area (Å²) >= 11 is 0. The molecule has 0 spiro atoms. The van der Waals surface area contributed by atoms with E-state index in [1.54, 1.807) is 36.4 Å². The second-order valence-corrected chi connectivity index (χ2v) is 8.84. The Morgan fingerprint density at radius 3 is 2.19 bits per heavy atom. The van der Waals surface area contributed by atoms with Gasteiger partial charge in [-0.05, 0) is 43.8 Å². The minimum Gasteiger partial charge on any atom is -0.304 e. The molecule has 0 amide bonds. The Labute approximate surface area is 160 Å². The van der Waals surface area contributed by atoms with Gasteiger partial charge in [0.2, 0.25) is 10.0 Å². The van der Waals surface area contributed by atoms with Crippen LogP contribution in [0, 0.1) is 12.7 Å². The van der Waals surface area contributed by atoms with E-state index in [4.69, 9.17) is 0 Å². The van der Waals surface area contributed by atoms with Gasteiger partial charge in [0.25, 0.3) is 0 Å². The third kappa shape index (κ3) is 5.13. The van der Waals surface area contributed by atoms with Gasteiger partial charge < -0.3 is 4.90 Å². The fourth-order valence-corrected chi connectivity index (χ4v) is 4.30. The van der Waals surface area contributed by atoms with E-state index in [1.165, 1.54) is 12.1 Å². The Balaban J connectivity index is 1.78. The molecule has 1 saturated heterocycles. The summed E-state index contributed by atoms with van der Waals surface area (Å²) in [4.78, 5) is 4.75. The predicted octanol–water partition coefficient (Wildman–Crippen LogP) is 2.40. The van der Waals surface area contributed by atoms with Crippen molar-refractivity contribution in [2.24, 2.45) is 0 Å². The highest BCUT2D eigenvalue weighted by atomic mass is 32.2. The first-order valence-corrected chi connectivity index (χ1v) is 10.6. The molecule has 5 nitrogen and oxygen atoms in total. The Morgan fingerprint density at radius 1 is 1.00 bits per heavy atom. The SMILES string of the molecule is Cc1ccc(S(=O)(=O)NC[C@H](c2ccc(F)cc2)N2CCN(C)CC2)cc1. The van der Waals surface area contributed by atoms with E-state index in [9.17, 15) is 12.8 Å². The van der Waals surface area contributed by atoms with Crippen molar-refractivity contribution in [3.63, 3.8) is 0 Å². The number of rotatable bonds is 6. The molecule has 2 aromatic rings. The number of benzene rings is 2. The van der Waals surface area contributed by atoms with Crippen molar-refractivity contribution in [2.75, 3.05) is 39.8 Å². The van der Waals surface area contributed by atoms with Crippen LogP contribution in [0.5, 0.6) is 0 Å². The summed E-state index contributed by atoms with van der Waals surface area (Å²) in [5, 5.41) is 0. The molecular formula is C20H26FN3O2S. The maximum atomic E-state index is 13.3. The third-order valence-electron chi connectivity index (χ3n) is 5.03. The lowest BCUT2D eigenvalue weighted by Crippen LogP contribution is -2.48. The Kier molecular flexibility index (Phi) is 6.26. The summed E-state index contributed by atoms with van der Waals surface area (Å²) in [6.07, 6.45) is 0. The average molecular weight is 392 g/mol. The second kappa shape index (κ2) is 8.48. The maximum absolute atomic E-state index is 13.3. The number of nitrogens with one attached hydrogen (secondary N) is 1. The number of hydrogen-bond donors (Lipinski definition) is 1. The first-order valence-electron chi connectivity index (χ1n) is 9.09. The zero-order chi connectivity index (χ0) is 19.4. The standard InChI is InChI=1S/C20H26FN3O2S/c1-16-3-9-19(10-4-16)27(25,26)22-15-20(17-5-7-18(21)8-6-17)24-13-11-23(2)12-14-24/h3-10,20,22H,11-15H2,1-2H3/t20-/m1/s1. The molecule has 1 atom stereocenters. The highest BCUT2D eigenvalue weighted by molar-refractivity contribution is 7.89. The summed E-state index contributed by atoms with van der Waals surface area (Å²) in [5.41, 5.74) is 1.92. The maximum Gasteiger partial charge on any atom is 0.240 e. The van der Waals surface area contributed by atoms with Crippen molar-refractivity contribution in [1.82, 2.24) is 14.5 Å². The van der Waals surface area contributed by atoms with Crippen LogP contribution in [0.25, 0.3) is 0 Å². The largest absolute Gasteiger partial charge is 0.304 e. The van der Waals surface area contributed by atoms with Gasteiger partial charge >= 0.3 is 0 Å². The summed E-state index contributed by atoms with van der Waals surface area (Å²) in [7, 11) is -1.53. The smallest absolute Gasteiger partial charge is 0.240 e. The van der Waals surface area contributed by atoms with Crippen LogP contribution in [0.3, 0.4) is 0 Å². The fourth-order valence-electron chi connectivity index (χ4n) is 3.27. The molecule has 0 saturated carbocycles. The van der Waals surface area contributed by atoms with Crippen LogP contribution in [0.4, 0.5) is 4.39 Å². The first kappa shape index (κ1) is 19.9. The second-order valence-electron chi connectivity index (χ2n) is 7.07. The van der Waals surface area contributed by atoms with E-state index in [0.717, 1.165) is 37.3 Å². The molecule has 0 radical (unpaired) electrons. The molecule has 27 heavy (non-hydrogen) atoms. The van der Waals surface area contributed by atoms with E-state index in [-0.39, 0.29) is 23.3 Å². The van der Waals surface area contributed by atoms with Gasteiger partial charge in [0.05, 0.1) is 4.90 Å². The quantitative estimate of drug-likeness (QED) is 0.822. The molecule has 3 rings (SSSR count). The Morgan fingerprint density at radius 2 is 1.59 bits per heavy atom. The van der Waals surface area contributed by atoms with Gasteiger partial charge in [-0.1, -0.05) is 29.8 Å². The predicted molar refractivity (Wildman–Crippen MR) is 105 cm³/mol. The molecule has 1 aliphatic rings. The van der Waals surface area contributed by atoms with Gasteiger partial charge in [0, 0.05) is 38.8 Å². The highest BCUT2D eigenvalue weighted by Gasteiger charge is 2.26. The van der Waals surface area contributed by atoms with Crippen LogP contribution >= 0.6 is 0 Å². The molecule has 0 bridgehead atoms. The third-order valence-corrected chi connectivity index (χ3v) is 6.47. The molecule has 0 aliphatic carbocycles. The normalized spacial score (nSPS) is 17.7. The van der Waals surface area contributed by atoms with Crippen molar-refractivity contribution in [2.45, 2.75) is 17.9 Å². The molecule has 2 aromatic carbocycles. The summed E-state index contributed by atoms with van der Waals surface area (Å²) in [6, 6.07) is 13.0. The lowest BCUT2D eigenvalue weighted by molar-refractivity contribution is 0.113. The van der Waals surface area contributed by atoms with Crippen LogP contribution in [-0.4, -0.2) is 58.0 Å². The number of nitrogens with zero attached hydrogens (tertiary/aromatic N) is 2. The first-order chi connectivity index (χ1) is 12.8. The molecule has 1 heterocycles. The number of halogens is 1. The molecular weight excluding hydrogens is 365 g/mol. The van der Waals surface area contributed by atoms with Gasteiger partial charge in [-0.3, -0.25) is 4.90 Å². The van der Waals surface area contributed by atoms with Crippen molar-refractivity contribution < 1.29 is 12.8 Å². The van der Waals surface area contributed by atoms with Crippen LogP contribution in [0.15, 0.2) is 53.4 Å². The van der Waals surface area contributed by atoms with E-state index in [0.29, 0.717) is 0 Å². The summed E-state index contributed by atoms with van der Waals surface area (Å²) in [5.74, 6) is -0.295. The average Bonchev–Trinajstić information content (AvgIpc) is 2.65. The van der Waals surface area contributed by atoms with Crippen LogP contribution in [0.1, 0.15) is 17.2 Å². The number of likely N-dealkylation sites (N-methyl/N-ethyl adjacent to an activating group) is 1. The molecule has 0 aromatic heterocycles. The highest BCUT2D eigenvalue weighted by Crippen LogP contribution is 2.23. The number of aryl methyl sites for hydroxylation is 1. The molecule has 7 heteroatoms. The van der Waals surface area contributed by atoms with Crippen LogP contribution in [-0.2, 0) is 10.0 Å². The van der Waals surface area contributed by atoms with Crippen LogP contribution < -0.4 is 4.72 Å². The van der Waals surface area contributed by atoms with Crippen molar-refractivity contribution >= 4 is 10.0 Å². The van der Waals surface area contributed by atoms with E-state index < -0.39 is 10.0 Å². The summed E-state index contributed by atoms with van der Waals surface area (Å²) < 4.78 is 41.4. The number of piperazine rings is 1.